The number of imide groups is 1. The first-order valence-corrected chi connectivity index (χ1v) is 9.62. The zero-order chi connectivity index (χ0) is 19.9. The number of amides is 4. The molecule has 0 spiro atoms. The van der Waals surface area contributed by atoms with Crippen LogP contribution in [0.2, 0.25) is 0 Å². The summed E-state index contributed by atoms with van der Waals surface area (Å²) >= 11 is 3.50. The Hall–Kier alpha value is -2.29. The minimum absolute atomic E-state index is 0.00387. The molecule has 0 aliphatic carbocycles. The van der Waals surface area contributed by atoms with E-state index in [4.69, 9.17) is 4.74 Å². The topological polar surface area (TPSA) is 91.0 Å². The number of hydrazine groups is 1. The Morgan fingerprint density at radius 2 is 2.15 bits per heavy atom. The van der Waals surface area contributed by atoms with E-state index >= 15 is 0 Å². The van der Waals surface area contributed by atoms with Gasteiger partial charge in [-0.25, -0.2) is 4.79 Å². The van der Waals surface area contributed by atoms with Crippen LogP contribution in [-0.2, 0) is 9.59 Å². The third-order valence-electron chi connectivity index (χ3n) is 4.93. The highest BCUT2D eigenvalue weighted by molar-refractivity contribution is 9.10. The van der Waals surface area contributed by atoms with Crippen LogP contribution in [0.4, 0.5) is 10.5 Å². The molecule has 9 heteroatoms. The van der Waals surface area contributed by atoms with Crippen molar-refractivity contribution in [1.29, 1.82) is 0 Å². The molecule has 4 amide bonds. The lowest BCUT2D eigenvalue weighted by molar-refractivity contribution is -0.138. The van der Waals surface area contributed by atoms with Crippen molar-refractivity contribution in [2.24, 2.45) is 0 Å². The van der Waals surface area contributed by atoms with E-state index in [2.05, 4.69) is 26.7 Å². The first-order chi connectivity index (χ1) is 12.6. The molecular weight excluding hydrogens is 416 g/mol. The number of carbonyl (C=O) groups excluding carboxylic acids is 3. The van der Waals surface area contributed by atoms with Gasteiger partial charge in [-0.1, -0.05) is 22.9 Å². The van der Waals surface area contributed by atoms with Gasteiger partial charge in [0.05, 0.1) is 18.8 Å². The summed E-state index contributed by atoms with van der Waals surface area (Å²) in [7, 11) is 0. The molecule has 1 saturated heterocycles. The number of hydrogen-bond acceptors (Lipinski definition) is 5. The van der Waals surface area contributed by atoms with Crippen molar-refractivity contribution in [2.75, 3.05) is 18.0 Å². The maximum absolute atomic E-state index is 12.5. The summed E-state index contributed by atoms with van der Waals surface area (Å²) in [5.74, 6) is -0.205. The highest BCUT2D eigenvalue weighted by Gasteiger charge is 2.47. The summed E-state index contributed by atoms with van der Waals surface area (Å²) in [5.41, 5.74) is 3.25. The standard InChI is InChI=1S/C18H23BrN4O4/c1-5-18(4)16(25)23(17(26)20-18)21-15(24)9-22-8-11(3)27-14-6-10(2)12(19)7-13(14)22/h6-7,11H,5,8-9H2,1-4H3,(H,20,26)(H,21,24)/t11-,18-/m0/s1. The van der Waals surface area contributed by atoms with Crippen LogP contribution in [0.1, 0.15) is 32.8 Å². The summed E-state index contributed by atoms with van der Waals surface area (Å²) in [5, 5.41) is 3.37. The monoisotopic (exact) mass is 438 g/mol. The Morgan fingerprint density at radius 1 is 1.44 bits per heavy atom. The number of aryl methyl sites for hydroxylation is 1. The molecule has 146 valence electrons. The molecule has 0 saturated carbocycles. The van der Waals surface area contributed by atoms with Gasteiger partial charge in [-0.2, -0.15) is 5.01 Å². The van der Waals surface area contributed by atoms with Crippen LogP contribution in [0.5, 0.6) is 5.75 Å². The van der Waals surface area contributed by atoms with Crippen molar-refractivity contribution in [1.82, 2.24) is 15.8 Å². The fourth-order valence-corrected chi connectivity index (χ4v) is 3.49. The number of hydrogen-bond donors (Lipinski definition) is 2. The lowest BCUT2D eigenvalue weighted by Gasteiger charge is -2.35. The second-order valence-electron chi connectivity index (χ2n) is 7.17. The minimum Gasteiger partial charge on any atom is -0.487 e. The third-order valence-corrected chi connectivity index (χ3v) is 5.78. The van der Waals surface area contributed by atoms with Crippen LogP contribution >= 0.6 is 15.9 Å². The van der Waals surface area contributed by atoms with Gasteiger partial charge < -0.3 is 15.0 Å². The molecule has 0 radical (unpaired) electrons. The average Bonchev–Trinajstić information content (AvgIpc) is 2.80. The molecule has 3 rings (SSSR count). The van der Waals surface area contributed by atoms with E-state index in [1.54, 1.807) is 13.8 Å². The first-order valence-electron chi connectivity index (χ1n) is 8.82. The van der Waals surface area contributed by atoms with Crippen molar-refractivity contribution in [3.8, 4) is 5.75 Å². The predicted octanol–water partition coefficient (Wildman–Crippen LogP) is 2.10. The molecule has 8 nitrogen and oxygen atoms in total. The molecule has 0 unspecified atom stereocenters. The van der Waals surface area contributed by atoms with Crippen molar-refractivity contribution >= 4 is 39.5 Å². The van der Waals surface area contributed by atoms with Crippen molar-refractivity contribution in [3.63, 3.8) is 0 Å². The Labute approximate surface area is 166 Å². The highest BCUT2D eigenvalue weighted by Crippen LogP contribution is 2.37. The molecule has 1 aromatic rings. The number of nitrogens with one attached hydrogen (secondary N) is 2. The van der Waals surface area contributed by atoms with Gasteiger partial charge in [0, 0.05) is 4.47 Å². The molecule has 2 aliphatic heterocycles. The lowest BCUT2D eigenvalue weighted by Crippen LogP contribution is -2.52. The average molecular weight is 439 g/mol. The molecule has 2 atom stereocenters. The minimum atomic E-state index is -0.993. The quantitative estimate of drug-likeness (QED) is 0.702. The Bertz CT molecular complexity index is 815. The van der Waals surface area contributed by atoms with E-state index in [9.17, 15) is 14.4 Å². The fourth-order valence-electron chi connectivity index (χ4n) is 3.16. The second-order valence-corrected chi connectivity index (χ2v) is 8.02. The maximum atomic E-state index is 12.5. The van der Waals surface area contributed by atoms with Gasteiger partial charge in [0.15, 0.2) is 0 Å². The van der Waals surface area contributed by atoms with Crippen LogP contribution in [0.3, 0.4) is 0 Å². The number of urea groups is 1. The van der Waals surface area contributed by atoms with Gasteiger partial charge in [-0.15, -0.1) is 0 Å². The molecule has 2 aliphatic rings. The number of anilines is 1. The zero-order valence-electron chi connectivity index (χ0n) is 15.8. The van der Waals surface area contributed by atoms with Crippen molar-refractivity contribution < 1.29 is 19.1 Å². The molecule has 0 bridgehead atoms. The highest BCUT2D eigenvalue weighted by atomic mass is 79.9. The van der Waals surface area contributed by atoms with E-state index in [1.165, 1.54) is 0 Å². The number of fused-ring (bicyclic) bond motifs is 1. The molecule has 27 heavy (non-hydrogen) atoms. The normalized spacial score (nSPS) is 24.4. The largest absolute Gasteiger partial charge is 0.487 e. The van der Waals surface area contributed by atoms with Crippen LogP contribution < -0.4 is 20.4 Å². The van der Waals surface area contributed by atoms with Crippen molar-refractivity contribution in [2.45, 2.75) is 45.8 Å². The van der Waals surface area contributed by atoms with E-state index < -0.39 is 23.4 Å². The molecule has 1 aromatic carbocycles. The van der Waals surface area contributed by atoms with Gasteiger partial charge >= 0.3 is 6.03 Å². The first kappa shape index (κ1) is 19.5. The van der Waals surface area contributed by atoms with Crippen LogP contribution in [0.25, 0.3) is 0 Å². The van der Waals surface area contributed by atoms with E-state index in [0.29, 0.717) is 18.7 Å². The summed E-state index contributed by atoms with van der Waals surface area (Å²) in [6.07, 6.45) is 0.344. The SMILES string of the molecule is CC[C@]1(C)NC(=O)N(NC(=O)CN2C[C@H](C)Oc3cc(C)c(Br)cc32)C1=O. The maximum Gasteiger partial charge on any atom is 0.344 e. The second kappa shape index (κ2) is 7.03. The van der Waals surface area contributed by atoms with Gasteiger partial charge in [0.25, 0.3) is 11.8 Å². The van der Waals surface area contributed by atoms with Gasteiger partial charge in [-0.05, 0) is 44.9 Å². The lowest BCUT2D eigenvalue weighted by atomic mass is 10.00. The number of rotatable bonds is 4. The number of ether oxygens (including phenoxy) is 1. The smallest absolute Gasteiger partial charge is 0.344 e. The zero-order valence-corrected chi connectivity index (χ0v) is 17.3. The summed E-state index contributed by atoms with van der Waals surface area (Å²) in [6, 6.07) is 3.21. The molecule has 2 heterocycles. The van der Waals surface area contributed by atoms with Crippen LogP contribution in [0.15, 0.2) is 16.6 Å². The van der Waals surface area contributed by atoms with Gasteiger partial charge in [0.2, 0.25) is 0 Å². The number of nitrogens with zero attached hydrogens (tertiary/aromatic N) is 2. The third kappa shape index (κ3) is 3.60. The number of benzene rings is 1. The molecule has 1 fully saturated rings. The van der Waals surface area contributed by atoms with E-state index in [0.717, 1.165) is 20.7 Å². The summed E-state index contributed by atoms with van der Waals surface area (Å²) in [4.78, 5) is 38.9. The van der Waals surface area contributed by atoms with E-state index in [1.807, 2.05) is 30.9 Å². The van der Waals surface area contributed by atoms with Crippen LogP contribution in [0, 0.1) is 6.92 Å². The summed E-state index contributed by atoms with van der Waals surface area (Å²) in [6.45, 7) is 7.84. The summed E-state index contributed by atoms with van der Waals surface area (Å²) < 4.78 is 6.78. The van der Waals surface area contributed by atoms with E-state index in [-0.39, 0.29) is 12.6 Å². The Morgan fingerprint density at radius 3 is 2.78 bits per heavy atom. The Balaban J connectivity index is 1.75. The number of carbonyl (C=O) groups is 3. The molecule has 0 aromatic heterocycles. The fraction of sp³-hybridized carbons (Fsp3) is 0.500. The van der Waals surface area contributed by atoms with Gasteiger partial charge in [-0.3, -0.25) is 15.0 Å². The van der Waals surface area contributed by atoms with Crippen molar-refractivity contribution in [3.05, 3.63) is 22.2 Å². The van der Waals surface area contributed by atoms with Gasteiger partial charge in [0.1, 0.15) is 17.4 Å². The molecule has 2 N–H and O–H groups in total. The molecular formula is C18H23BrN4O4. The predicted molar refractivity (Wildman–Crippen MR) is 103 cm³/mol. The number of halogens is 1. The van der Waals surface area contributed by atoms with Crippen LogP contribution in [-0.4, -0.2) is 47.6 Å². The Kier molecular flexibility index (Phi) is 5.07.